The second-order valence-corrected chi connectivity index (χ2v) is 8.74. The fourth-order valence-electron chi connectivity index (χ4n) is 4.68. The van der Waals surface area contributed by atoms with Gasteiger partial charge < -0.3 is 14.7 Å². The number of nitrogens with zero attached hydrogens (tertiary/aromatic N) is 4. The van der Waals surface area contributed by atoms with Crippen LogP contribution in [0.3, 0.4) is 0 Å². The fraction of sp³-hybridized carbons (Fsp3) is 0.455. The third-order valence-electron chi connectivity index (χ3n) is 6.38. The van der Waals surface area contributed by atoms with Crippen molar-refractivity contribution in [2.75, 3.05) is 44.7 Å². The smallest absolute Gasteiger partial charge is 0.258 e. The maximum absolute atomic E-state index is 13.7. The number of amides is 1. The molecule has 1 aromatic carbocycles. The molecule has 2 saturated heterocycles. The Kier molecular flexibility index (Phi) is 4.52. The molecule has 1 saturated carbocycles. The average Bonchev–Trinajstić information content (AvgIpc) is 3.33. The molecule has 2 aromatic rings. The molecular weight excluding hydrogens is 372 g/mol. The Morgan fingerprint density at radius 2 is 1.79 bits per heavy atom. The zero-order chi connectivity index (χ0) is 19.3. The largest absolute Gasteiger partial charge is 0.355 e. The highest BCUT2D eigenvalue weighted by molar-refractivity contribution is 6.29. The van der Waals surface area contributed by atoms with E-state index in [1.54, 1.807) is 6.07 Å². The van der Waals surface area contributed by atoms with E-state index in [-0.39, 0.29) is 11.9 Å². The Bertz CT molecular complexity index is 879. The van der Waals surface area contributed by atoms with Gasteiger partial charge in [0.25, 0.3) is 5.91 Å². The highest BCUT2D eigenvalue weighted by atomic mass is 35.5. The number of fused-ring (bicyclic) bond motifs is 1. The third kappa shape index (κ3) is 3.27. The normalized spacial score (nSPS) is 27.0. The Balaban J connectivity index is 1.48. The number of benzene rings is 1. The molecule has 2 aliphatic heterocycles. The van der Waals surface area contributed by atoms with Crippen molar-refractivity contribution in [1.82, 2.24) is 14.8 Å². The van der Waals surface area contributed by atoms with Crippen molar-refractivity contribution < 1.29 is 4.79 Å². The summed E-state index contributed by atoms with van der Waals surface area (Å²) >= 11 is 6.21. The monoisotopic (exact) mass is 396 g/mol. The Morgan fingerprint density at radius 3 is 2.54 bits per heavy atom. The van der Waals surface area contributed by atoms with Crippen molar-refractivity contribution in [2.24, 2.45) is 11.8 Å². The van der Waals surface area contributed by atoms with E-state index in [4.69, 9.17) is 11.6 Å². The molecule has 0 spiro atoms. The summed E-state index contributed by atoms with van der Waals surface area (Å²) in [5.41, 5.74) is 1.85. The molecule has 146 valence electrons. The molecule has 3 fully saturated rings. The molecule has 5 rings (SSSR count). The minimum atomic E-state index is 0.0444. The van der Waals surface area contributed by atoms with Gasteiger partial charge in [0.15, 0.2) is 0 Å². The highest BCUT2D eigenvalue weighted by Gasteiger charge is 2.46. The van der Waals surface area contributed by atoms with Gasteiger partial charge in [-0.05, 0) is 43.0 Å². The van der Waals surface area contributed by atoms with Gasteiger partial charge in [0.2, 0.25) is 0 Å². The Hall–Kier alpha value is -2.11. The van der Waals surface area contributed by atoms with Gasteiger partial charge in [-0.15, -0.1) is 0 Å². The van der Waals surface area contributed by atoms with Crippen molar-refractivity contribution in [3.05, 3.63) is 58.7 Å². The van der Waals surface area contributed by atoms with Crippen molar-refractivity contribution in [3.8, 4) is 0 Å². The first-order chi connectivity index (χ1) is 13.6. The fourth-order valence-corrected chi connectivity index (χ4v) is 4.83. The van der Waals surface area contributed by atoms with Gasteiger partial charge >= 0.3 is 0 Å². The minimum absolute atomic E-state index is 0.0444. The van der Waals surface area contributed by atoms with Crippen LogP contribution in [0, 0.1) is 11.8 Å². The third-order valence-corrected chi connectivity index (χ3v) is 6.59. The van der Waals surface area contributed by atoms with Crippen LogP contribution in [0.2, 0.25) is 5.15 Å². The molecule has 1 amide bonds. The molecule has 0 bridgehead atoms. The minimum Gasteiger partial charge on any atom is -0.355 e. The second kappa shape index (κ2) is 7.05. The summed E-state index contributed by atoms with van der Waals surface area (Å²) in [6.07, 6.45) is 1.31. The lowest BCUT2D eigenvalue weighted by Crippen LogP contribution is -2.49. The Labute approximate surface area is 170 Å². The van der Waals surface area contributed by atoms with E-state index in [9.17, 15) is 4.79 Å². The molecule has 28 heavy (non-hydrogen) atoms. The van der Waals surface area contributed by atoms with Crippen LogP contribution in [0.4, 0.5) is 5.82 Å². The maximum atomic E-state index is 13.7. The van der Waals surface area contributed by atoms with Crippen LogP contribution in [0.25, 0.3) is 0 Å². The van der Waals surface area contributed by atoms with E-state index in [2.05, 4.69) is 34.0 Å². The summed E-state index contributed by atoms with van der Waals surface area (Å²) in [5, 5.41) is 0.449. The quantitative estimate of drug-likeness (QED) is 0.746. The predicted molar refractivity (Wildman–Crippen MR) is 111 cm³/mol. The number of pyridine rings is 1. The number of anilines is 1. The summed E-state index contributed by atoms with van der Waals surface area (Å²) in [6.45, 7) is 4.40. The first-order valence-electron chi connectivity index (χ1n) is 10.1. The summed E-state index contributed by atoms with van der Waals surface area (Å²) in [7, 11) is 2.11. The van der Waals surface area contributed by atoms with Gasteiger partial charge in [-0.1, -0.05) is 41.9 Å². The maximum Gasteiger partial charge on any atom is 0.258 e. The van der Waals surface area contributed by atoms with Gasteiger partial charge in [-0.25, -0.2) is 4.98 Å². The van der Waals surface area contributed by atoms with Gasteiger partial charge in [-0.3, -0.25) is 4.79 Å². The lowest BCUT2D eigenvalue weighted by molar-refractivity contribution is 0.0498. The molecule has 1 aromatic heterocycles. The number of rotatable bonds is 3. The first kappa shape index (κ1) is 18.0. The summed E-state index contributed by atoms with van der Waals surface area (Å²) in [4.78, 5) is 24.8. The average molecular weight is 397 g/mol. The molecular formula is C22H25ClN4O. The summed E-state index contributed by atoms with van der Waals surface area (Å²) in [5.74, 6) is 2.35. The van der Waals surface area contributed by atoms with Crippen LogP contribution in [0.15, 0.2) is 42.5 Å². The number of carbonyl (C=O) groups is 1. The number of likely N-dealkylation sites (N-methyl/N-ethyl adjacent to an activating group) is 1. The van der Waals surface area contributed by atoms with E-state index in [0.29, 0.717) is 17.3 Å². The van der Waals surface area contributed by atoms with E-state index in [0.717, 1.165) is 43.8 Å². The summed E-state index contributed by atoms with van der Waals surface area (Å²) < 4.78 is 0. The van der Waals surface area contributed by atoms with E-state index in [1.807, 2.05) is 29.2 Å². The molecule has 0 N–H and O–H groups in total. The molecule has 3 heterocycles. The van der Waals surface area contributed by atoms with Gasteiger partial charge in [0.05, 0.1) is 11.6 Å². The van der Waals surface area contributed by atoms with Crippen molar-refractivity contribution >= 4 is 23.3 Å². The highest BCUT2D eigenvalue weighted by Crippen LogP contribution is 2.46. The molecule has 0 radical (unpaired) electrons. The van der Waals surface area contributed by atoms with Crippen LogP contribution in [-0.2, 0) is 0 Å². The molecule has 1 aliphatic carbocycles. The number of hydrogen-bond donors (Lipinski definition) is 0. The SMILES string of the molecule is CN1CCN(C(=O)c2ccc(Cl)nc2N2CC3CC3C2)C(c2ccccc2)C1. The van der Waals surface area contributed by atoms with Crippen molar-refractivity contribution in [2.45, 2.75) is 12.5 Å². The molecule has 3 aliphatic rings. The topological polar surface area (TPSA) is 39.7 Å². The van der Waals surface area contributed by atoms with Crippen LogP contribution >= 0.6 is 11.6 Å². The van der Waals surface area contributed by atoms with Crippen LogP contribution in [-0.4, -0.2) is 60.5 Å². The number of piperidine rings is 1. The van der Waals surface area contributed by atoms with Gasteiger partial charge in [0.1, 0.15) is 11.0 Å². The predicted octanol–water partition coefficient (Wildman–Crippen LogP) is 3.32. The number of piperazine rings is 1. The van der Waals surface area contributed by atoms with Gasteiger partial charge in [0, 0.05) is 32.7 Å². The zero-order valence-electron chi connectivity index (χ0n) is 16.1. The van der Waals surface area contributed by atoms with E-state index in [1.165, 1.54) is 12.0 Å². The Morgan fingerprint density at radius 1 is 1.04 bits per heavy atom. The zero-order valence-corrected chi connectivity index (χ0v) is 16.8. The lowest BCUT2D eigenvalue weighted by atomic mass is 10.0. The van der Waals surface area contributed by atoms with E-state index < -0.39 is 0 Å². The number of carbonyl (C=O) groups excluding carboxylic acids is 1. The van der Waals surface area contributed by atoms with Crippen molar-refractivity contribution in [3.63, 3.8) is 0 Å². The first-order valence-corrected chi connectivity index (χ1v) is 10.4. The van der Waals surface area contributed by atoms with Crippen molar-refractivity contribution in [1.29, 1.82) is 0 Å². The summed E-state index contributed by atoms with van der Waals surface area (Å²) in [6, 6.07) is 14.0. The second-order valence-electron chi connectivity index (χ2n) is 8.35. The number of aromatic nitrogens is 1. The van der Waals surface area contributed by atoms with Crippen LogP contribution in [0.1, 0.15) is 28.4 Å². The van der Waals surface area contributed by atoms with Crippen LogP contribution in [0.5, 0.6) is 0 Å². The number of halogens is 1. The van der Waals surface area contributed by atoms with Gasteiger partial charge in [-0.2, -0.15) is 0 Å². The lowest BCUT2D eigenvalue weighted by Gasteiger charge is -2.40. The van der Waals surface area contributed by atoms with E-state index >= 15 is 0 Å². The number of hydrogen-bond acceptors (Lipinski definition) is 4. The molecule has 5 nitrogen and oxygen atoms in total. The van der Waals surface area contributed by atoms with Crippen LogP contribution < -0.4 is 4.90 Å². The molecule has 6 heteroatoms. The molecule has 3 atom stereocenters. The standard InChI is InChI=1S/C22H25ClN4O/c1-25-9-10-27(19(14-25)15-5-3-2-4-6-15)22(28)18-7-8-20(23)24-21(18)26-12-16-11-17(16)13-26/h2-8,16-17,19H,9-14H2,1H3. The molecule has 3 unspecified atom stereocenters.